The Morgan fingerprint density at radius 3 is 1.60 bits per heavy atom. The third-order valence-electron chi connectivity index (χ3n) is 10.1. The molecule has 0 nitrogen and oxygen atoms in total. The first-order valence-electron chi connectivity index (χ1n) is 14.7. The topological polar surface area (TPSA) is 0 Å². The Hall–Kier alpha value is -1.89. The Balaban J connectivity index is 1.15. The van der Waals surface area contributed by atoms with Crippen LogP contribution in [-0.4, -0.2) is 0 Å². The SMILES string of the molecule is C=CC1CCC(c2ccc(C3CCC(c4ccc(C5CCC(CC)CC5)c(F)c4)CC3)cc2)CC1. The molecule has 188 valence electrons. The summed E-state index contributed by atoms with van der Waals surface area (Å²) in [7, 11) is 0. The van der Waals surface area contributed by atoms with Crippen LogP contribution in [0.4, 0.5) is 4.39 Å². The molecule has 3 aliphatic rings. The molecule has 1 heteroatoms. The van der Waals surface area contributed by atoms with Gasteiger partial charge in [0.15, 0.2) is 0 Å². The van der Waals surface area contributed by atoms with Crippen LogP contribution in [0.5, 0.6) is 0 Å². The Bertz CT molecular complexity index is 949. The molecule has 0 radical (unpaired) electrons. The maximum atomic E-state index is 15.1. The summed E-state index contributed by atoms with van der Waals surface area (Å²) in [6.07, 6.45) is 18.3. The summed E-state index contributed by atoms with van der Waals surface area (Å²) in [5.41, 5.74) is 5.26. The number of rotatable bonds is 6. The monoisotopic (exact) mass is 472 g/mol. The molecule has 2 aromatic carbocycles. The molecule has 0 aromatic heterocycles. The molecule has 0 bridgehead atoms. The van der Waals surface area contributed by atoms with E-state index in [0.717, 1.165) is 36.2 Å². The van der Waals surface area contributed by atoms with Crippen molar-refractivity contribution in [3.63, 3.8) is 0 Å². The Labute approximate surface area is 213 Å². The van der Waals surface area contributed by atoms with Gasteiger partial charge in [0.05, 0.1) is 0 Å². The van der Waals surface area contributed by atoms with Gasteiger partial charge < -0.3 is 0 Å². The highest BCUT2D eigenvalue weighted by atomic mass is 19.1. The molecular formula is C34H45F. The second kappa shape index (κ2) is 11.4. The van der Waals surface area contributed by atoms with Crippen LogP contribution in [0.3, 0.4) is 0 Å². The van der Waals surface area contributed by atoms with Crippen LogP contribution in [0.1, 0.15) is 136 Å². The van der Waals surface area contributed by atoms with Crippen LogP contribution < -0.4 is 0 Å². The van der Waals surface area contributed by atoms with Crippen LogP contribution in [0.2, 0.25) is 0 Å². The zero-order chi connectivity index (χ0) is 24.2. The average Bonchev–Trinajstić information content (AvgIpc) is 2.93. The lowest BCUT2D eigenvalue weighted by atomic mass is 9.74. The Morgan fingerprint density at radius 2 is 1.11 bits per heavy atom. The summed E-state index contributed by atoms with van der Waals surface area (Å²) in [5, 5.41) is 0. The molecule has 5 rings (SSSR count). The van der Waals surface area contributed by atoms with Gasteiger partial charge in [0.2, 0.25) is 0 Å². The van der Waals surface area contributed by atoms with E-state index < -0.39 is 0 Å². The lowest BCUT2D eigenvalue weighted by Gasteiger charge is -2.31. The number of halogens is 1. The third-order valence-corrected chi connectivity index (χ3v) is 10.1. The highest BCUT2D eigenvalue weighted by molar-refractivity contribution is 5.32. The first-order chi connectivity index (χ1) is 17.1. The van der Waals surface area contributed by atoms with E-state index in [0.29, 0.717) is 17.8 Å². The Kier molecular flexibility index (Phi) is 8.11. The highest BCUT2D eigenvalue weighted by Crippen LogP contribution is 2.43. The fourth-order valence-corrected chi connectivity index (χ4v) is 7.50. The van der Waals surface area contributed by atoms with Gasteiger partial charge >= 0.3 is 0 Å². The van der Waals surface area contributed by atoms with Gasteiger partial charge in [0.1, 0.15) is 5.82 Å². The third kappa shape index (κ3) is 5.76. The van der Waals surface area contributed by atoms with Gasteiger partial charge in [-0.05, 0) is 141 Å². The standard InChI is InChI=1S/C34H45F/c1-3-24-5-9-26(10-6-24)27-13-15-28(16-14-27)29-17-19-30(20-18-29)32-21-22-33(34(35)23-32)31-11-7-25(4-2)8-12-31/h3,13-16,21-26,29-31H,1,4-12,17-20H2,2H3. The van der Waals surface area contributed by atoms with E-state index in [-0.39, 0.29) is 5.82 Å². The molecule has 0 spiro atoms. The summed E-state index contributed by atoms with van der Waals surface area (Å²) in [6, 6.07) is 15.9. The molecule has 3 aliphatic carbocycles. The van der Waals surface area contributed by atoms with Gasteiger partial charge in [0, 0.05) is 0 Å². The van der Waals surface area contributed by atoms with Crippen LogP contribution in [0, 0.1) is 17.7 Å². The van der Waals surface area contributed by atoms with E-state index in [2.05, 4.69) is 56.0 Å². The quantitative estimate of drug-likeness (QED) is 0.367. The molecule has 35 heavy (non-hydrogen) atoms. The van der Waals surface area contributed by atoms with Crippen molar-refractivity contribution < 1.29 is 4.39 Å². The first kappa shape index (κ1) is 24.8. The van der Waals surface area contributed by atoms with Crippen LogP contribution in [-0.2, 0) is 0 Å². The molecule has 0 unspecified atom stereocenters. The zero-order valence-electron chi connectivity index (χ0n) is 21.9. The van der Waals surface area contributed by atoms with Crippen molar-refractivity contribution in [1.29, 1.82) is 0 Å². The van der Waals surface area contributed by atoms with Gasteiger partial charge in [-0.2, -0.15) is 0 Å². The highest BCUT2D eigenvalue weighted by Gasteiger charge is 2.27. The minimum absolute atomic E-state index is 0.0577. The largest absolute Gasteiger partial charge is 0.207 e. The second-order valence-electron chi connectivity index (χ2n) is 12.0. The molecular weight excluding hydrogens is 427 g/mol. The summed E-state index contributed by atoms with van der Waals surface area (Å²) >= 11 is 0. The van der Waals surface area contributed by atoms with Gasteiger partial charge in [-0.1, -0.05) is 55.8 Å². The number of hydrogen-bond donors (Lipinski definition) is 0. The number of benzene rings is 2. The summed E-state index contributed by atoms with van der Waals surface area (Å²) < 4.78 is 15.1. The summed E-state index contributed by atoms with van der Waals surface area (Å²) in [6.45, 7) is 6.28. The maximum absolute atomic E-state index is 15.1. The van der Waals surface area contributed by atoms with Gasteiger partial charge in [-0.3, -0.25) is 0 Å². The van der Waals surface area contributed by atoms with Crippen LogP contribution in [0.25, 0.3) is 0 Å². The smallest absolute Gasteiger partial charge is 0.126 e. The maximum Gasteiger partial charge on any atom is 0.126 e. The molecule has 3 saturated carbocycles. The molecule has 2 aromatic rings. The lowest BCUT2D eigenvalue weighted by Crippen LogP contribution is -2.15. The predicted molar refractivity (Wildman–Crippen MR) is 147 cm³/mol. The molecule has 0 atom stereocenters. The van der Waals surface area contributed by atoms with Crippen molar-refractivity contribution in [3.05, 3.63) is 83.2 Å². The van der Waals surface area contributed by atoms with Crippen LogP contribution >= 0.6 is 0 Å². The molecule has 0 amide bonds. The van der Waals surface area contributed by atoms with Gasteiger partial charge in [-0.25, -0.2) is 4.39 Å². The van der Waals surface area contributed by atoms with E-state index in [1.54, 1.807) is 0 Å². The van der Waals surface area contributed by atoms with Crippen molar-refractivity contribution >= 4 is 0 Å². The van der Waals surface area contributed by atoms with E-state index in [9.17, 15) is 0 Å². The molecule has 0 aliphatic heterocycles. The van der Waals surface area contributed by atoms with Crippen molar-refractivity contribution in [2.24, 2.45) is 11.8 Å². The van der Waals surface area contributed by atoms with Crippen LogP contribution in [0.15, 0.2) is 55.1 Å². The van der Waals surface area contributed by atoms with E-state index >= 15 is 4.39 Å². The minimum Gasteiger partial charge on any atom is -0.207 e. The van der Waals surface area contributed by atoms with E-state index in [1.807, 2.05) is 6.07 Å². The average molecular weight is 473 g/mol. The number of hydrogen-bond acceptors (Lipinski definition) is 0. The number of allylic oxidation sites excluding steroid dienone is 1. The summed E-state index contributed by atoms with van der Waals surface area (Å²) in [4.78, 5) is 0. The van der Waals surface area contributed by atoms with Gasteiger partial charge in [0.25, 0.3) is 0 Å². The van der Waals surface area contributed by atoms with Crippen molar-refractivity contribution in [1.82, 2.24) is 0 Å². The van der Waals surface area contributed by atoms with Gasteiger partial charge in [-0.15, -0.1) is 6.58 Å². The minimum atomic E-state index is 0.0577. The fraction of sp³-hybridized carbons (Fsp3) is 0.588. The second-order valence-corrected chi connectivity index (χ2v) is 12.0. The molecule has 0 heterocycles. The molecule has 0 saturated heterocycles. The van der Waals surface area contributed by atoms with Crippen molar-refractivity contribution in [3.8, 4) is 0 Å². The predicted octanol–water partition coefficient (Wildman–Crippen LogP) is 10.4. The fourth-order valence-electron chi connectivity index (χ4n) is 7.50. The van der Waals surface area contributed by atoms with E-state index in [1.165, 1.54) is 87.3 Å². The normalized spacial score (nSPS) is 31.7. The summed E-state index contributed by atoms with van der Waals surface area (Å²) in [5.74, 6) is 3.99. The molecule has 3 fully saturated rings. The molecule has 0 N–H and O–H groups in total. The lowest BCUT2D eigenvalue weighted by molar-refractivity contribution is 0.314. The van der Waals surface area contributed by atoms with Crippen molar-refractivity contribution in [2.75, 3.05) is 0 Å². The van der Waals surface area contributed by atoms with Crippen molar-refractivity contribution in [2.45, 2.75) is 114 Å². The first-order valence-corrected chi connectivity index (χ1v) is 14.7. The van der Waals surface area contributed by atoms with E-state index in [4.69, 9.17) is 0 Å². The Morgan fingerprint density at radius 1 is 0.657 bits per heavy atom. The zero-order valence-corrected chi connectivity index (χ0v) is 21.9.